The molecule has 0 bridgehead atoms. The van der Waals surface area contributed by atoms with Gasteiger partial charge in [-0.15, -0.1) is 0 Å². The van der Waals surface area contributed by atoms with Crippen molar-refractivity contribution >= 4 is 11.1 Å². The van der Waals surface area contributed by atoms with Gasteiger partial charge in [-0.05, 0) is 44.9 Å². The minimum absolute atomic E-state index is 1.23. The first-order valence-electron chi connectivity index (χ1n) is 5.64. The summed E-state index contributed by atoms with van der Waals surface area (Å²) in [6.07, 6.45) is 6.25. The van der Waals surface area contributed by atoms with E-state index in [1.807, 2.05) is 20.0 Å². The maximum Gasteiger partial charge on any atom is 0.0482 e. The third-order valence-electron chi connectivity index (χ3n) is 2.43. The van der Waals surface area contributed by atoms with E-state index in [0.717, 1.165) is 0 Å². The highest BCUT2D eigenvalue weighted by atomic mass is 14.7. The van der Waals surface area contributed by atoms with Crippen molar-refractivity contribution in [1.29, 1.82) is 0 Å². The summed E-state index contributed by atoms with van der Waals surface area (Å²) in [6, 6.07) is 2.12. The summed E-state index contributed by atoms with van der Waals surface area (Å²) in [5, 5.41) is 0. The number of aromatic amines is 1. The standard InChI is InChI=1S/C12H17N.C2H6/c1-5-9(3)11-7-8-13-12(11)10(4)6-2;1-2/h5-8,13H,1-4H3;1-2H3/b9-5-,10-6-;. The molecule has 0 amide bonds. The van der Waals surface area contributed by atoms with Crippen molar-refractivity contribution in [1.82, 2.24) is 4.98 Å². The molecule has 0 radical (unpaired) electrons. The van der Waals surface area contributed by atoms with E-state index in [-0.39, 0.29) is 0 Å². The molecule has 1 heteroatoms. The van der Waals surface area contributed by atoms with Crippen molar-refractivity contribution in [2.45, 2.75) is 41.5 Å². The Morgan fingerprint density at radius 3 is 2.07 bits per heavy atom. The lowest BCUT2D eigenvalue weighted by Gasteiger charge is -2.03. The molecule has 0 saturated heterocycles. The Balaban J connectivity index is 0.000000921. The summed E-state index contributed by atoms with van der Waals surface area (Å²) in [5.74, 6) is 0. The summed E-state index contributed by atoms with van der Waals surface area (Å²) in [7, 11) is 0. The van der Waals surface area contributed by atoms with Crippen LogP contribution >= 0.6 is 0 Å². The van der Waals surface area contributed by atoms with Gasteiger partial charge in [0, 0.05) is 17.5 Å². The molecule has 0 aliphatic carbocycles. The molecule has 0 saturated carbocycles. The molecular formula is C14H23N. The summed E-state index contributed by atoms with van der Waals surface area (Å²) >= 11 is 0. The highest BCUT2D eigenvalue weighted by Crippen LogP contribution is 2.23. The fourth-order valence-corrected chi connectivity index (χ4v) is 1.32. The van der Waals surface area contributed by atoms with E-state index in [1.54, 1.807) is 0 Å². The Hall–Kier alpha value is -1.24. The number of aromatic nitrogens is 1. The predicted octanol–water partition coefficient (Wildman–Crippen LogP) is 4.89. The van der Waals surface area contributed by atoms with Crippen LogP contribution < -0.4 is 0 Å². The van der Waals surface area contributed by atoms with Gasteiger partial charge in [0.25, 0.3) is 0 Å². The fourth-order valence-electron chi connectivity index (χ4n) is 1.32. The lowest BCUT2D eigenvalue weighted by Crippen LogP contribution is -1.85. The summed E-state index contributed by atoms with van der Waals surface area (Å²) in [6.45, 7) is 12.4. The molecule has 1 aromatic rings. The van der Waals surface area contributed by atoms with E-state index < -0.39 is 0 Å². The number of H-pyrrole nitrogens is 1. The van der Waals surface area contributed by atoms with Gasteiger partial charge in [-0.3, -0.25) is 0 Å². The molecule has 0 atom stereocenters. The second-order valence-electron chi connectivity index (χ2n) is 3.21. The third-order valence-corrected chi connectivity index (χ3v) is 2.43. The third kappa shape index (κ3) is 3.43. The lowest BCUT2D eigenvalue weighted by molar-refractivity contribution is 1.32. The van der Waals surface area contributed by atoms with E-state index in [4.69, 9.17) is 0 Å². The maximum atomic E-state index is 3.26. The number of nitrogens with one attached hydrogen (secondary N) is 1. The molecule has 0 spiro atoms. The van der Waals surface area contributed by atoms with Gasteiger partial charge in [-0.1, -0.05) is 26.0 Å². The summed E-state index contributed by atoms with van der Waals surface area (Å²) in [5.41, 5.74) is 5.15. The molecule has 0 fully saturated rings. The molecule has 1 rings (SSSR count). The average molecular weight is 205 g/mol. The minimum Gasteiger partial charge on any atom is -0.361 e. The summed E-state index contributed by atoms with van der Waals surface area (Å²) in [4.78, 5) is 3.26. The highest BCUT2D eigenvalue weighted by molar-refractivity contribution is 5.76. The molecular weight excluding hydrogens is 182 g/mol. The normalized spacial score (nSPS) is 12.1. The molecule has 0 aliphatic rings. The van der Waals surface area contributed by atoms with Crippen molar-refractivity contribution in [2.75, 3.05) is 0 Å². The predicted molar refractivity (Wildman–Crippen MR) is 70.8 cm³/mol. The van der Waals surface area contributed by atoms with Crippen LogP contribution in [-0.4, -0.2) is 4.98 Å². The zero-order valence-electron chi connectivity index (χ0n) is 10.8. The first-order valence-corrected chi connectivity index (χ1v) is 5.64. The zero-order valence-corrected chi connectivity index (χ0v) is 10.8. The van der Waals surface area contributed by atoms with Gasteiger partial charge < -0.3 is 4.98 Å². The van der Waals surface area contributed by atoms with Crippen molar-refractivity contribution in [3.8, 4) is 0 Å². The zero-order chi connectivity index (χ0) is 11.8. The van der Waals surface area contributed by atoms with Crippen LogP contribution in [0.15, 0.2) is 24.4 Å². The number of hydrogen-bond donors (Lipinski definition) is 1. The SMILES string of the molecule is C/C=C(/C)c1cc[nH]c1/C(C)=C\C.CC. The molecule has 84 valence electrons. The van der Waals surface area contributed by atoms with Crippen LogP contribution in [0.25, 0.3) is 11.1 Å². The Morgan fingerprint density at radius 1 is 1.07 bits per heavy atom. The van der Waals surface area contributed by atoms with Crippen LogP contribution in [0.1, 0.15) is 52.8 Å². The van der Waals surface area contributed by atoms with Crippen molar-refractivity contribution in [2.24, 2.45) is 0 Å². The van der Waals surface area contributed by atoms with E-state index in [1.165, 1.54) is 22.4 Å². The maximum absolute atomic E-state index is 3.26. The highest BCUT2D eigenvalue weighted by Gasteiger charge is 2.05. The van der Waals surface area contributed by atoms with Crippen molar-refractivity contribution in [3.05, 3.63) is 35.7 Å². The van der Waals surface area contributed by atoms with Crippen LogP contribution in [0.5, 0.6) is 0 Å². The number of rotatable bonds is 2. The monoisotopic (exact) mass is 205 g/mol. The topological polar surface area (TPSA) is 15.8 Å². The molecule has 0 unspecified atom stereocenters. The quantitative estimate of drug-likeness (QED) is 0.707. The summed E-state index contributed by atoms with van der Waals surface area (Å²) < 4.78 is 0. The van der Waals surface area contributed by atoms with Crippen LogP contribution in [0.3, 0.4) is 0 Å². The van der Waals surface area contributed by atoms with Gasteiger partial charge in [0.05, 0.1) is 0 Å². The molecule has 1 heterocycles. The van der Waals surface area contributed by atoms with Gasteiger partial charge >= 0.3 is 0 Å². The van der Waals surface area contributed by atoms with Gasteiger partial charge in [0.15, 0.2) is 0 Å². The fraction of sp³-hybridized carbons (Fsp3) is 0.429. The van der Waals surface area contributed by atoms with Gasteiger partial charge in [-0.25, -0.2) is 0 Å². The van der Waals surface area contributed by atoms with E-state index in [0.29, 0.717) is 0 Å². The molecule has 15 heavy (non-hydrogen) atoms. The number of allylic oxidation sites excluding steroid dienone is 4. The smallest absolute Gasteiger partial charge is 0.0482 e. The van der Waals surface area contributed by atoms with Gasteiger partial charge in [0.2, 0.25) is 0 Å². The Bertz CT molecular complexity index is 307. The minimum atomic E-state index is 1.23. The Morgan fingerprint density at radius 2 is 1.60 bits per heavy atom. The van der Waals surface area contributed by atoms with Crippen LogP contribution in [0.2, 0.25) is 0 Å². The largest absolute Gasteiger partial charge is 0.361 e. The van der Waals surface area contributed by atoms with Gasteiger partial charge in [-0.2, -0.15) is 0 Å². The molecule has 1 nitrogen and oxygen atoms in total. The van der Waals surface area contributed by atoms with Crippen molar-refractivity contribution in [3.63, 3.8) is 0 Å². The van der Waals surface area contributed by atoms with Crippen LogP contribution in [0.4, 0.5) is 0 Å². The lowest BCUT2D eigenvalue weighted by atomic mass is 10.0. The van der Waals surface area contributed by atoms with E-state index >= 15 is 0 Å². The second kappa shape index (κ2) is 7.10. The molecule has 0 aromatic carbocycles. The molecule has 0 aliphatic heterocycles. The van der Waals surface area contributed by atoms with Crippen molar-refractivity contribution < 1.29 is 0 Å². The second-order valence-corrected chi connectivity index (χ2v) is 3.21. The Labute approximate surface area is 93.9 Å². The van der Waals surface area contributed by atoms with E-state index in [2.05, 4.69) is 50.9 Å². The van der Waals surface area contributed by atoms with Crippen LogP contribution in [-0.2, 0) is 0 Å². The Kier molecular flexibility index (Phi) is 6.52. The van der Waals surface area contributed by atoms with E-state index in [9.17, 15) is 0 Å². The first-order chi connectivity index (χ1) is 7.20. The van der Waals surface area contributed by atoms with Gasteiger partial charge in [0.1, 0.15) is 0 Å². The average Bonchev–Trinajstić information content (AvgIpc) is 2.78. The molecule has 1 N–H and O–H groups in total. The number of hydrogen-bond acceptors (Lipinski definition) is 0. The first kappa shape index (κ1) is 13.8. The molecule has 1 aromatic heterocycles. The van der Waals surface area contributed by atoms with Crippen LogP contribution in [0, 0.1) is 0 Å².